The maximum Gasteiger partial charge on any atom is 0.338 e. The lowest BCUT2D eigenvalue weighted by molar-refractivity contribution is -0.0645. The fraction of sp³-hybridized carbons (Fsp3) is 0.219. The van der Waals surface area contributed by atoms with Crippen LogP contribution in [0.25, 0.3) is 0 Å². The number of esters is 3. The average Bonchev–Trinajstić information content (AvgIpc) is 3.36. The molecule has 43 heavy (non-hydrogen) atoms. The maximum absolute atomic E-state index is 13.3. The summed E-state index contributed by atoms with van der Waals surface area (Å²) in [5.41, 5.74) is 0.854. The number of hydrogen-bond acceptors (Lipinski definition) is 9. The highest BCUT2D eigenvalue weighted by Crippen LogP contribution is 2.35. The van der Waals surface area contributed by atoms with Crippen LogP contribution in [0.5, 0.6) is 0 Å². The van der Waals surface area contributed by atoms with Gasteiger partial charge < -0.3 is 23.9 Å². The number of aryl methyl sites for hydroxylation is 1. The lowest BCUT2D eigenvalue weighted by Crippen LogP contribution is -2.42. The number of carbonyl (C=O) groups excluding carboxylic acids is 3. The van der Waals surface area contributed by atoms with Crippen LogP contribution in [-0.2, 0) is 25.4 Å². The smallest absolute Gasteiger partial charge is 0.338 e. The molecular weight excluding hydrogens is 572 g/mol. The molecule has 0 unspecified atom stereocenters. The van der Waals surface area contributed by atoms with E-state index in [0.29, 0.717) is 17.7 Å². The summed E-state index contributed by atoms with van der Waals surface area (Å²) in [5, 5.41) is 0. The van der Waals surface area contributed by atoms with Gasteiger partial charge in [-0.3, -0.25) is 9.36 Å². The second-order valence-corrected chi connectivity index (χ2v) is 10.0. The van der Waals surface area contributed by atoms with Crippen LogP contribution < -0.4 is 5.56 Å². The van der Waals surface area contributed by atoms with Gasteiger partial charge in [0.2, 0.25) is 0 Å². The predicted molar refractivity (Wildman–Crippen MR) is 157 cm³/mol. The molecular formula is C32H28N2O8S. The van der Waals surface area contributed by atoms with Gasteiger partial charge in [-0.1, -0.05) is 61.5 Å². The van der Waals surface area contributed by atoms with E-state index in [1.807, 2.05) is 6.92 Å². The molecule has 0 aliphatic carbocycles. The molecule has 0 radical (unpaired) electrons. The third kappa shape index (κ3) is 6.79. The molecule has 1 fully saturated rings. The van der Waals surface area contributed by atoms with Crippen molar-refractivity contribution in [3.05, 3.63) is 135 Å². The summed E-state index contributed by atoms with van der Waals surface area (Å²) in [5.74, 6) is -2.11. The minimum atomic E-state index is -1.35. The zero-order valence-corrected chi connectivity index (χ0v) is 23.9. The lowest BCUT2D eigenvalue weighted by atomic mass is 10.1. The molecule has 1 aromatic heterocycles. The van der Waals surface area contributed by atoms with Gasteiger partial charge in [0.05, 0.1) is 16.7 Å². The standard InChI is InChI=1S/C32H28N2O8S/c1-2-23-18-25(35)34(32(43)33-23)28-27(42-31(38)22-16-10-5-11-17-22)26(41-30(37)21-14-8-4-9-15-21)24(40-28)19-39-29(36)20-12-6-3-7-13-20/h3-18,24,26-28H,2,19H2,1H3,(H,33,43)/t24-,26-,27+,28+/m1/s1. The van der Waals surface area contributed by atoms with Gasteiger partial charge in [-0.05, 0) is 55.0 Å². The topological polar surface area (TPSA) is 126 Å². The number of aromatic amines is 1. The van der Waals surface area contributed by atoms with Crippen LogP contribution in [0.15, 0.2) is 102 Å². The minimum Gasteiger partial charge on any atom is -0.459 e. The highest BCUT2D eigenvalue weighted by molar-refractivity contribution is 7.71. The number of benzene rings is 3. The summed E-state index contributed by atoms with van der Waals surface area (Å²) in [6.07, 6.45) is -4.57. The zero-order chi connectivity index (χ0) is 30.3. The average molecular weight is 601 g/mol. The van der Waals surface area contributed by atoms with Crippen LogP contribution >= 0.6 is 12.2 Å². The first kappa shape index (κ1) is 29.6. The Morgan fingerprint density at radius 3 is 1.77 bits per heavy atom. The summed E-state index contributed by atoms with van der Waals surface area (Å²) in [6.45, 7) is 1.48. The van der Waals surface area contributed by atoms with E-state index in [1.54, 1.807) is 91.0 Å². The van der Waals surface area contributed by atoms with Gasteiger partial charge in [-0.25, -0.2) is 14.4 Å². The molecule has 1 saturated heterocycles. The Labute approximate surface area is 251 Å². The third-order valence-corrected chi connectivity index (χ3v) is 7.13. The second kappa shape index (κ2) is 13.4. The van der Waals surface area contributed by atoms with Crippen LogP contribution in [0.1, 0.15) is 49.9 Å². The summed E-state index contributed by atoms with van der Waals surface area (Å²) < 4.78 is 24.7. The van der Waals surface area contributed by atoms with E-state index in [4.69, 9.17) is 31.2 Å². The van der Waals surface area contributed by atoms with E-state index in [9.17, 15) is 19.2 Å². The monoisotopic (exact) mass is 600 g/mol. The van der Waals surface area contributed by atoms with Crippen molar-refractivity contribution in [1.82, 2.24) is 9.55 Å². The molecule has 11 heteroatoms. The zero-order valence-electron chi connectivity index (χ0n) is 23.1. The van der Waals surface area contributed by atoms with Crippen LogP contribution in [0.2, 0.25) is 0 Å². The normalized spacial score (nSPS) is 19.4. The second-order valence-electron chi connectivity index (χ2n) is 9.66. The number of carbonyl (C=O) groups is 3. The molecule has 0 spiro atoms. The molecule has 1 N–H and O–H groups in total. The number of aromatic nitrogens is 2. The Bertz CT molecular complexity index is 1680. The maximum atomic E-state index is 13.3. The van der Waals surface area contributed by atoms with Crippen molar-refractivity contribution in [2.75, 3.05) is 6.61 Å². The molecule has 1 aliphatic rings. The van der Waals surface area contributed by atoms with E-state index >= 15 is 0 Å². The number of rotatable bonds is 9. The highest BCUT2D eigenvalue weighted by atomic mass is 32.1. The molecule has 5 rings (SSSR count). The molecule has 220 valence electrons. The van der Waals surface area contributed by atoms with Crippen molar-refractivity contribution in [3.8, 4) is 0 Å². The first-order chi connectivity index (χ1) is 20.9. The van der Waals surface area contributed by atoms with E-state index in [-0.39, 0.29) is 22.5 Å². The summed E-state index contributed by atoms with van der Waals surface area (Å²) in [6, 6.07) is 26.1. The summed E-state index contributed by atoms with van der Waals surface area (Å²) >= 11 is 5.50. The number of H-pyrrole nitrogens is 1. The van der Waals surface area contributed by atoms with Gasteiger partial charge in [0.15, 0.2) is 23.2 Å². The highest BCUT2D eigenvalue weighted by Gasteiger charge is 2.52. The fourth-order valence-corrected chi connectivity index (χ4v) is 4.97. The van der Waals surface area contributed by atoms with E-state index < -0.39 is 48.0 Å². The van der Waals surface area contributed by atoms with Gasteiger partial charge >= 0.3 is 17.9 Å². The van der Waals surface area contributed by atoms with Crippen molar-refractivity contribution in [1.29, 1.82) is 0 Å². The fourth-order valence-electron chi connectivity index (χ4n) is 4.65. The van der Waals surface area contributed by atoms with Crippen LogP contribution in [0.4, 0.5) is 0 Å². The van der Waals surface area contributed by atoms with Crippen molar-refractivity contribution < 1.29 is 33.3 Å². The minimum absolute atomic E-state index is 0.0187. The Balaban J connectivity index is 1.53. The lowest BCUT2D eigenvalue weighted by Gasteiger charge is -2.25. The quantitative estimate of drug-likeness (QED) is 0.166. The largest absolute Gasteiger partial charge is 0.459 e. The van der Waals surface area contributed by atoms with Crippen LogP contribution in [-0.4, -0.2) is 52.4 Å². The summed E-state index contributed by atoms with van der Waals surface area (Å²) in [4.78, 5) is 55.6. The van der Waals surface area contributed by atoms with Crippen molar-refractivity contribution in [2.45, 2.75) is 37.9 Å². The van der Waals surface area contributed by atoms with E-state index in [1.165, 1.54) is 6.07 Å². The molecule has 0 amide bonds. The number of ether oxygens (including phenoxy) is 4. The third-order valence-electron chi connectivity index (χ3n) is 6.84. The van der Waals surface area contributed by atoms with Crippen molar-refractivity contribution in [3.63, 3.8) is 0 Å². The Kier molecular flexibility index (Phi) is 9.23. The van der Waals surface area contributed by atoms with Crippen molar-refractivity contribution >= 4 is 30.1 Å². The van der Waals surface area contributed by atoms with Crippen molar-refractivity contribution in [2.24, 2.45) is 0 Å². The molecule has 2 heterocycles. The van der Waals surface area contributed by atoms with Gasteiger partial charge in [-0.15, -0.1) is 0 Å². The van der Waals surface area contributed by atoms with Gasteiger partial charge in [0.1, 0.15) is 12.7 Å². The first-order valence-corrected chi connectivity index (χ1v) is 14.0. The molecule has 10 nitrogen and oxygen atoms in total. The molecule has 4 aromatic rings. The predicted octanol–water partition coefficient (Wildman–Crippen LogP) is 4.67. The van der Waals surface area contributed by atoms with Crippen LogP contribution in [0, 0.1) is 4.77 Å². The molecule has 0 bridgehead atoms. The Morgan fingerprint density at radius 1 is 0.791 bits per heavy atom. The number of nitrogens with one attached hydrogen (secondary N) is 1. The molecule has 0 saturated carbocycles. The van der Waals surface area contributed by atoms with Gasteiger partial charge in [0, 0.05) is 11.8 Å². The molecule has 3 aromatic carbocycles. The first-order valence-electron chi connectivity index (χ1n) is 13.6. The Hall–Kier alpha value is -4.87. The SMILES string of the molecule is CCc1cc(=O)n([C@H]2O[C@H](COC(=O)c3ccccc3)[C@@H](OC(=O)c3ccccc3)[C@@H]2OC(=O)c2ccccc2)c(=S)[nH]1. The summed E-state index contributed by atoms with van der Waals surface area (Å²) in [7, 11) is 0. The van der Waals surface area contributed by atoms with Gasteiger partial charge in [-0.2, -0.15) is 0 Å². The number of hydrogen-bond donors (Lipinski definition) is 1. The van der Waals surface area contributed by atoms with E-state index in [2.05, 4.69) is 4.98 Å². The molecule has 1 aliphatic heterocycles. The van der Waals surface area contributed by atoms with Crippen LogP contribution in [0.3, 0.4) is 0 Å². The number of nitrogens with zero attached hydrogens (tertiary/aromatic N) is 1. The van der Waals surface area contributed by atoms with E-state index in [0.717, 1.165) is 4.57 Å². The van der Waals surface area contributed by atoms with Gasteiger partial charge in [0.25, 0.3) is 5.56 Å². The Morgan fingerprint density at radius 2 is 1.28 bits per heavy atom. The molecule has 4 atom stereocenters.